The highest BCUT2D eigenvalue weighted by atomic mass is 32.2. The molecule has 1 aromatic heterocycles. The molecule has 31 heavy (non-hydrogen) atoms. The Kier molecular flexibility index (Phi) is 4.97. The van der Waals surface area contributed by atoms with Gasteiger partial charge >= 0.3 is 0 Å². The van der Waals surface area contributed by atoms with E-state index in [1.165, 1.54) is 0 Å². The minimum Gasteiger partial charge on any atom is -0.401 e. The number of benzene rings is 1. The molecule has 1 fully saturated rings. The zero-order valence-corrected chi connectivity index (χ0v) is 18.7. The van der Waals surface area contributed by atoms with E-state index >= 15 is 0 Å². The largest absolute Gasteiger partial charge is 0.401 e. The fourth-order valence-electron chi connectivity index (χ4n) is 4.47. The first kappa shape index (κ1) is 20.1. The molecule has 160 valence electrons. The second kappa shape index (κ2) is 7.67. The van der Waals surface area contributed by atoms with E-state index in [0.717, 1.165) is 51.3 Å². The van der Waals surface area contributed by atoms with Crippen molar-refractivity contribution in [2.75, 3.05) is 31.1 Å². The third kappa shape index (κ3) is 3.80. The Morgan fingerprint density at radius 3 is 2.55 bits per heavy atom. The Labute approximate surface area is 186 Å². The third-order valence-corrected chi connectivity index (χ3v) is 7.16. The van der Waals surface area contributed by atoms with Crippen molar-refractivity contribution in [3.63, 3.8) is 0 Å². The van der Waals surface area contributed by atoms with Gasteiger partial charge in [0.1, 0.15) is 17.0 Å². The van der Waals surface area contributed by atoms with Crippen LogP contribution in [0.1, 0.15) is 37.0 Å². The van der Waals surface area contributed by atoms with E-state index in [9.17, 15) is 4.79 Å². The molecule has 7 nitrogen and oxygen atoms in total. The van der Waals surface area contributed by atoms with Crippen LogP contribution in [0.5, 0.6) is 0 Å². The lowest BCUT2D eigenvalue weighted by molar-refractivity contribution is 0.0746. The lowest BCUT2D eigenvalue weighted by Crippen LogP contribution is -2.49. The number of aromatic nitrogens is 2. The summed E-state index contributed by atoms with van der Waals surface area (Å²) in [6.07, 6.45) is 3.37. The molecule has 5 rings (SSSR count). The Balaban J connectivity index is 1.38. The van der Waals surface area contributed by atoms with Crippen LogP contribution in [0.3, 0.4) is 0 Å². The summed E-state index contributed by atoms with van der Waals surface area (Å²) in [4.78, 5) is 32.0. The molecule has 0 bridgehead atoms. The first-order valence-corrected chi connectivity index (χ1v) is 11.4. The van der Waals surface area contributed by atoms with Gasteiger partial charge in [-0.25, -0.2) is 15.0 Å². The maximum Gasteiger partial charge on any atom is 0.253 e. The van der Waals surface area contributed by atoms with Crippen LogP contribution in [0.2, 0.25) is 0 Å². The van der Waals surface area contributed by atoms with E-state index in [2.05, 4.69) is 28.7 Å². The average molecular weight is 435 g/mol. The average Bonchev–Trinajstić information content (AvgIpc) is 2.77. The van der Waals surface area contributed by atoms with Gasteiger partial charge in [0.25, 0.3) is 5.91 Å². The van der Waals surface area contributed by atoms with Gasteiger partial charge in [-0.15, -0.1) is 0 Å². The quantitative estimate of drug-likeness (QED) is 0.727. The highest BCUT2D eigenvalue weighted by Crippen LogP contribution is 2.49. The van der Waals surface area contributed by atoms with Crippen molar-refractivity contribution in [3.8, 4) is 0 Å². The zero-order chi connectivity index (χ0) is 21.6. The summed E-state index contributed by atoms with van der Waals surface area (Å²) in [5, 5.41) is 0.856. The molecule has 0 atom stereocenters. The molecule has 2 aromatic rings. The van der Waals surface area contributed by atoms with Crippen molar-refractivity contribution >= 4 is 34.9 Å². The number of thioether (sulfide) groups is 1. The molecular formula is C23H26N6OS. The first-order valence-electron chi connectivity index (χ1n) is 10.6. The second-order valence-electron chi connectivity index (χ2n) is 9.03. The number of piperazine rings is 1. The van der Waals surface area contributed by atoms with E-state index < -0.39 is 0 Å². The molecule has 0 unspecified atom stereocenters. The SMILES string of the molecule is CC1(C)CC2=Nc3c(ncnc3N3CCN(C(=O)c4ccccc4)CC3)SC2=C(N)C1. The summed E-state index contributed by atoms with van der Waals surface area (Å²) in [6, 6.07) is 9.45. The number of rotatable bonds is 2. The predicted octanol–water partition coefficient (Wildman–Crippen LogP) is 3.61. The predicted molar refractivity (Wildman–Crippen MR) is 124 cm³/mol. The van der Waals surface area contributed by atoms with Gasteiger partial charge in [0.05, 0.1) is 10.6 Å². The fourth-order valence-corrected chi connectivity index (χ4v) is 5.43. The summed E-state index contributed by atoms with van der Waals surface area (Å²) < 4.78 is 0. The van der Waals surface area contributed by atoms with Crippen LogP contribution in [0.15, 0.2) is 57.3 Å². The number of aliphatic imine (C=N–C) groups is 1. The highest BCUT2D eigenvalue weighted by Gasteiger charge is 2.35. The molecular weight excluding hydrogens is 408 g/mol. The van der Waals surface area contributed by atoms with Gasteiger partial charge in [-0.1, -0.05) is 43.8 Å². The number of hydrogen-bond acceptors (Lipinski definition) is 7. The molecule has 2 N–H and O–H groups in total. The molecule has 2 aliphatic heterocycles. The Bertz CT molecular complexity index is 1090. The normalized spacial score (nSPS) is 20.1. The van der Waals surface area contributed by atoms with E-state index in [1.54, 1.807) is 18.1 Å². The topological polar surface area (TPSA) is 87.7 Å². The van der Waals surface area contributed by atoms with Gasteiger partial charge in [-0.05, 0) is 30.4 Å². The maximum atomic E-state index is 12.8. The van der Waals surface area contributed by atoms with E-state index in [-0.39, 0.29) is 11.3 Å². The number of allylic oxidation sites excluding steroid dienone is 2. The molecule has 1 saturated heterocycles. The van der Waals surface area contributed by atoms with Crippen molar-refractivity contribution in [3.05, 3.63) is 52.8 Å². The Hall–Kier alpha value is -2.87. The van der Waals surface area contributed by atoms with Crippen LogP contribution in [-0.4, -0.2) is 52.7 Å². The molecule has 0 saturated carbocycles. The summed E-state index contributed by atoms with van der Waals surface area (Å²) in [7, 11) is 0. The standard InChI is InChI=1S/C23H26N6OS/c1-23(2)12-16(24)19-17(13-23)27-18-20(25-14-26-21(18)31-19)28-8-10-29(11-9-28)22(30)15-6-4-3-5-7-15/h3-7,14H,8-13,24H2,1-2H3. The van der Waals surface area contributed by atoms with E-state index in [0.29, 0.717) is 26.2 Å². The number of nitrogens with zero attached hydrogens (tertiary/aromatic N) is 5. The van der Waals surface area contributed by atoms with Crippen molar-refractivity contribution in [1.29, 1.82) is 0 Å². The van der Waals surface area contributed by atoms with Crippen molar-refractivity contribution in [1.82, 2.24) is 14.9 Å². The molecule has 3 aliphatic rings. The summed E-state index contributed by atoms with van der Waals surface area (Å²) >= 11 is 1.61. The molecule has 1 aliphatic carbocycles. The number of hydrogen-bond donors (Lipinski definition) is 1. The molecule has 8 heteroatoms. The van der Waals surface area contributed by atoms with E-state index in [4.69, 9.17) is 10.7 Å². The maximum absolute atomic E-state index is 12.8. The second-order valence-corrected chi connectivity index (χ2v) is 10.0. The van der Waals surface area contributed by atoms with Gasteiger partial charge in [0.15, 0.2) is 5.82 Å². The molecule has 1 amide bonds. The number of carbonyl (C=O) groups excluding carboxylic acids is 1. The molecule has 1 aromatic carbocycles. The lowest BCUT2D eigenvalue weighted by Gasteiger charge is -2.37. The summed E-state index contributed by atoms with van der Waals surface area (Å²) in [5.74, 6) is 0.924. The van der Waals surface area contributed by atoms with Crippen LogP contribution in [0.25, 0.3) is 0 Å². The summed E-state index contributed by atoms with van der Waals surface area (Å²) in [5.41, 5.74) is 9.99. The van der Waals surface area contributed by atoms with Gasteiger partial charge in [-0.3, -0.25) is 4.79 Å². The molecule has 0 radical (unpaired) electrons. The molecule has 0 spiro atoms. The Morgan fingerprint density at radius 1 is 1.06 bits per heavy atom. The van der Waals surface area contributed by atoms with Crippen molar-refractivity contribution in [2.45, 2.75) is 31.7 Å². The third-order valence-electron chi connectivity index (χ3n) is 5.97. The van der Waals surface area contributed by atoms with Crippen LogP contribution in [-0.2, 0) is 0 Å². The highest BCUT2D eigenvalue weighted by molar-refractivity contribution is 8.04. The van der Waals surface area contributed by atoms with Crippen molar-refractivity contribution < 1.29 is 4.79 Å². The van der Waals surface area contributed by atoms with Crippen LogP contribution in [0.4, 0.5) is 11.5 Å². The number of anilines is 1. The fraction of sp³-hybridized carbons (Fsp3) is 0.391. The van der Waals surface area contributed by atoms with Gasteiger partial charge in [0, 0.05) is 37.4 Å². The first-order chi connectivity index (χ1) is 14.9. The minimum atomic E-state index is 0.0791. The van der Waals surface area contributed by atoms with Crippen LogP contribution in [0, 0.1) is 5.41 Å². The smallest absolute Gasteiger partial charge is 0.253 e. The molecule has 3 heterocycles. The number of nitrogens with two attached hydrogens (primary N) is 1. The lowest BCUT2D eigenvalue weighted by atomic mass is 9.78. The van der Waals surface area contributed by atoms with Gasteiger partial charge < -0.3 is 15.5 Å². The number of fused-ring (bicyclic) bond motifs is 2. The van der Waals surface area contributed by atoms with Gasteiger partial charge in [0.2, 0.25) is 0 Å². The number of carbonyl (C=O) groups is 1. The number of amides is 1. The monoisotopic (exact) mass is 434 g/mol. The van der Waals surface area contributed by atoms with E-state index in [1.807, 2.05) is 35.2 Å². The Morgan fingerprint density at radius 2 is 1.81 bits per heavy atom. The van der Waals surface area contributed by atoms with Crippen LogP contribution >= 0.6 is 11.8 Å². The van der Waals surface area contributed by atoms with Gasteiger partial charge in [-0.2, -0.15) is 0 Å². The minimum absolute atomic E-state index is 0.0791. The van der Waals surface area contributed by atoms with Crippen molar-refractivity contribution in [2.24, 2.45) is 16.1 Å². The van der Waals surface area contributed by atoms with Crippen LogP contribution < -0.4 is 10.6 Å². The summed E-state index contributed by atoms with van der Waals surface area (Å²) in [6.45, 7) is 7.19. The zero-order valence-electron chi connectivity index (χ0n) is 17.8.